The smallest absolute Gasteiger partial charge is 0.340 e. The Morgan fingerprint density at radius 2 is 1.24 bits per heavy atom. The topological polar surface area (TPSA) is 80.8 Å². The summed E-state index contributed by atoms with van der Waals surface area (Å²) in [5.41, 5.74) is 7.36. The summed E-state index contributed by atoms with van der Waals surface area (Å²) in [6.07, 6.45) is 2.46. The van der Waals surface area contributed by atoms with Gasteiger partial charge < -0.3 is 14.5 Å². The van der Waals surface area contributed by atoms with Gasteiger partial charge in [-0.15, -0.1) is 0 Å². The molecular weight excluding hydrogens is 726 g/mol. The molecule has 0 bridgehead atoms. The summed E-state index contributed by atoms with van der Waals surface area (Å²) in [6, 6.07) is 29.7. The number of ether oxygens (including phenoxy) is 2. The average Bonchev–Trinajstić information content (AvgIpc) is 3.67. The van der Waals surface area contributed by atoms with Crippen molar-refractivity contribution in [2.45, 2.75) is 26.7 Å². The molecule has 10 heteroatoms. The number of hydrogen-bond acceptors (Lipinski definition) is 5. The van der Waals surface area contributed by atoms with Crippen LogP contribution in [0, 0.1) is 0 Å². The van der Waals surface area contributed by atoms with Gasteiger partial charge in [-0.2, -0.15) is 0 Å². The first-order valence-corrected chi connectivity index (χ1v) is 17.8. The van der Waals surface area contributed by atoms with Gasteiger partial charge in [0.1, 0.15) is 0 Å². The first-order chi connectivity index (χ1) is 24.7. The zero-order valence-corrected chi connectivity index (χ0v) is 30.8. The molecule has 0 spiro atoms. The minimum atomic E-state index is -0.502. The molecule has 0 aliphatic carbocycles. The lowest BCUT2D eigenvalue weighted by Gasteiger charge is -2.11. The lowest BCUT2D eigenvalue weighted by Crippen LogP contribution is -2.17. The molecule has 258 valence electrons. The van der Waals surface area contributed by atoms with Crippen molar-refractivity contribution in [3.8, 4) is 11.3 Å². The Morgan fingerprint density at radius 3 is 1.80 bits per heavy atom. The van der Waals surface area contributed by atoms with E-state index in [4.69, 9.17) is 60.9 Å². The Hall–Kier alpha value is -4.59. The van der Waals surface area contributed by atoms with Crippen molar-refractivity contribution in [1.82, 2.24) is 4.98 Å². The monoisotopic (exact) mass is 756 g/mol. The van der Waals surface area contributed by atoms with E-state index in [1.54, 1.807) is 38.1 Å². The molecule has 1 aliphatic heterocycles. The maximum absolute atomic E-state index is 13.8. The second kappa shape index (κ2) is 16.2. The zero-order valence-electron chi connectivity index (χ0n) is 27.7. The molecule has 1 N–H and O–H groups in total. The van der Waals surface area contributed by atoms with Crippen LogP contribution in [-0.4, -0.2) is 35.8 Å². The highest BCUT2D eigenvalue weighted by Gasteiger charge is 2.32. The lowest BCUT2D eigenvalue weighted by atomic mass is 9.93. The number of aromatic amines is 1. The van der Waals surface area contributed by atoms with Gasteiger partial charge in [-0.05, 0) is 72.0 Å². The maximum Gasteiger partial charge on any atom is 0.340 e. The van der Waals surface area contributed by atoms with Crippen molar-refractivity contribution in [3.05, 3.63) is 168 Å². The zero-order chi connectivity index (χ0) is 36.1. The summed E-state index contributed by atoms with van der Waals surface area (Å²) in [6.45, 7) is 3.89. The molecule has 0 amide bonds. The van der Waals surface area contributed by atoms with Gasteiger partial charge in [0.05, 0.1) is 61.5 Å². The number of H-pyrrole nitrogens is 1. The lowest BCUT2D eigenvalue weighted by molar-refractivity contribution is -0.137. The first-order valence-electron chi connectivity index (χ1n) is 16.3. The van der Waals surface area contributed by atoms with Crippen LogP contribution in [0.3, 0.4) is 0 Å². The van der Waals surface area contributed by atoms with E-state index in [-0.39, 0.29) is 19.6 Å². The fourth-order valence-electron chi connectivity index (χ4n) is 6.00. The number of carbonyl (C=O) groups is 2. The number of carbonyl (C=O) groups excluding carboxylic acids is 2. The van der Waals surface area contributed by atoms with E-state index in [1.165, 1.54) is 0 Å². The molecule has 4 aromatic carbocycles. The van der Waals surface area contributed by atoms with E-state index in [0.29, 0.717) is 71.6 Å². The van der Waals surface area contributed by atoms with Gasteiger partial charge in [-0.1, -0.05) is 119 Å². The third kappa shape index (κ3) is 8.00. The SMILES string of the molecule is CCOC(=O)C1=C(Cc2ccc(Cl)c(Cl)c2)/C(=C\c2[nH]c(-c3ccccc3)c(C(=O)OCC)c2Cc2ccc(Cl)c(Cl)c2)N=C1c1ccccc1. The molecule has 0 fully saturated rings. The van der Waals surface area contributed by atoms with E-state index in [2.05, 4.69) is 4.98 Å². The molecule has 5 aromatic rings. The van der Waals surface area contributed by atoms with Crippen molar-refractivity contribution >= 4 is 70.1 Å². The highest BCUT2D eigenvalue weighted by Crippen LogP contribution is 2.38. The minimum Gasteiger partial charge on any atom is -0.462 e. The quantitative estimate of drug-likeness (QED) is 0.136. The third-order valence-corrected chi connectivity index (χ3v) is 9.77. The van der Waals surface area contributed by atoms with Crippen molar-refractivity contribution in [3.63, 3.8) is 0 Å². The number of allylic oxidation sites excluding steroid dienone is 1. The molecule has 0 unspecified atom stereocenters. The van der Waals surface area contributed by atoms with E-state index in [1.807, 2.05) is 78.9 Å². The number of aliphatic imine (C=N–C) groups is 1. The Labute approximate surface area is 316 Å². The maximum atomic E-state index is 13.8. The Morgan fingerprint density at radius 1 is 0.686 bits per heavy atom. The van der Waals surface area contributed by atoms with Crippen LogP contribution in [-0.2, 0) is 27.1 Å². The van der Waals surface area contributed by atoms with Crippen LogP contribution in [0.15, 0.2) is 119 Å². The van der Waals surface area contributed by atoms with Crippen LogP contribution in [0.4, 0.5) is 0 Å². The molecule has 6 rings (SSSR count). The normalized spacial score (nSPS) is 13.5. The Kier molecular flexibility index (Phi) is 11.5. The number of aromatic nitrogens is 1. The minimum absolute atomic E-state index is 0.178. The fraction of sp³-hybridized carbons (Fsp3) is 0.146. The molecule has 51 heavy (non-hydrogen) atoms. The third-order valence-electron chi connectivity index (χ3n) is 8.30. The highest BCUT2D eigenvalue weighted by atomic mass is 35.5. The molecular formula is C41H32Cl4N2O4. The van der Waals surface area contributed by atoms with E-state index < -0.39 is 11.9 Å². The van der Waals surface area contributed by atoms with Crippen molar-refractivity contribution in [2.24, 2.45) is 4.99 Å². The van der Waals surface area contributed by atoms with Crippen molar-refractivity contribution < 1.29 is 19.1 Å². The van der Waals surface area contributed by atoms with E-state index in [0.717, 1.165) is 22.3 Å². The number of benzene rings is 4. The molecule has 1 aromatic heterocycles. The molecule has 0 radical (unpaired) electrons. The number of nitrogens with one attached hydrogen (secondary N) is 1. The van der Waals surface area contributed by atoms with Crippen LogP contribution < -0.4 is 0 Å². The average molecular weight is 759 g/mol. The molecule has 6 nitrogen and oxygen atoms in total. The largest absolute Gasteiger partial charge is 0.462 e. The number of esters is 2. The van der Waals surface area contributed by atoms with E-state index >= 15 is 0 Å². The van der Waals surface area contributed by atoms with Gasteiger partial charge in [0.15, 0.2) is 0 Å². The van der Waals surface area contributed by atoms with Gasteiger partial charge in [0.2, 0.25) is 0 Å². The van der Waals surface area contributed by atoms with Crippen molar-refractivity contribution in [2.75, 3.05) is 13.2 Å². The van der Waals surface area contributed by atoms with Gasteiger partial charge in [0.25, 0.3) is 0 Å². The highest BCUT2D eigenvalue weighted by molar-refractivity contribution is 6.42. The molecule has 2 heterocycles. The second-order valence-electron chi connectivity index (χ2n) is 11.6. The van der Waals surface area contributed by atoms with Crippen LogP contribution in [0.2, 0.25) is 20.1 Å². The summed E-state index contributed by atoms with van der Waals surface area (Å²) in [4.78, 5) is 36.2. The summed E-state index contributed by atoms with van der Waals surface area (Å²) in [5, 5.41) is 1.62. The predicted octanol–water partition coefficient (Wildman–Crippen LogP) is 11.0. The van der Waals surface area contributed by atoms with Crippen LogP contribution in [0.25, 0.3) is 17.3 Å². The number of halogens is 4. The van der Waals surface area contributed by atoms with Crippen LogP contribution >= 0.6 is 46.4 Å². The van der Waals surface area contributed by atoms with Gasteiger partial charge in [-0.25, -0.2) is 14.6 Å². The molecule has 0 saturated carbocycles. The summed E-state index contributed by atoms with van der Waals surface area (Å²) in [7, 11) is 0. The standard InChI is InChI=1S/C41H32Cl4N2O4/c1-3-50-40(48)36-28(19-24-15-17-30(42)32(44)21-24)34(46-38(36)26-11-7-5-8-12-26)23-35-29(20-25-16-18-31(43)33(45)22-25)37(41(49)51-4-2)39(47-35)27-13-9-6-10-14-27/h5-18,21-23,46H,3-4,19-20H2,1-2H3/b35-23+. The number of nitrogens with zero attached hydrogens (tertiary/aromatic N) is 1. The van der Waals surface area contributed by atoms with Gasteiger partial charge in [0, 0.05) is 24.1 Å². The molecule has 0 saturated heterocycles. The Balaban J connectivity index is 1.63. The molecule has 1 aliphatic rings. The Bertz CT molecular complexity index is 2210. The fourth-order valence-corrected chi connectivity index (χ4v) is 6.64. The second-order valence-corrected chi connectivity index (χ2v) is 13.3. The van der Waals surface area contributed by atoms with Gasteiger partial charge >= 0.3 is 11.9 Å². The van der Waals surface area contributed by atoms with Crippen LogP contribution in [0.5, 0.6) is 0 Å². The summed E-state index contributed by atoms with van der Waals surface area (Å²) >= 11 is 25.4. The number of hydrogen-bond donors (Lipinski definition) is 1. The molecule has 0 atom stereocenters. The number of rotatable bonds is 11. The van der Waals surface area contributed by atoms with Gasteiger partial charge in [-0.3, -0.25) is 0 Å². The first kappa shape index (κ1) is 36.2. The van der Waals surface area contributed by atoms with Crippen LogP contribution in [0.1, 0.15) is 52.2 Å². The van der Waals surface area contributed by atoms with E-state index in [9.17, 15) is 9.59 Å². The van der Waals surface area contributed by atoms with Crippen molar-refractivity contribution in [1.29, 1.82) is 0 Å². The predicted molar refractivity (Wildman–Crippen MR) is 206 cm³/mol. The summed E-state index contributed by atoms with van der Waals surface area (Å²) in [5.74, 6) is -0.982. The summed E-state index contributed by atoms with van der Waals surface area (Å²) < 4.78 is 11.2.